The Labute approximate surface area is 97.8 Å². The van der Waals surface area contributed by atoms with E-state index in [4.69, 9.17) is 4.74 Å². The fourth-order valence-electron chi connectivity index (χ4n) is 1.96. The predicted octanol–water partition coefficient (Wildman–Crippen LogP) is 3.22. The highest BCUT2D eigenvalue weighted by molar-refractivity contribution is 9.10. The Balaban J connectivity index is 2.52. The van der Waals surface area contributed by atoms with Crippen molar-refractivity contribution in [2.75, 3.05) is 7.11 Å². The summed E-state index contributed by atoms with van der Waals surface area (Å²) in [7, 11) is 1.64. The van der Waals surface area contributed by atoms with Gasteiger partial charge in [0.2, 0.25) is 0 Å². The summed E-state index contributed by atoms with van der Waals surface area (Å²) in [5.74, 6) is 1.20. The topological polar surface area (TPSA) is 26.3 Å². The summed E-state index contributed by atoms with van der Waals surface area (Å²) in [4.78, 5) is 11.9. The van der Waals surface area contributed by atoms with Crippen molar-refractivity contribution in [3.63, 3.8) is 0 Å². The van der Waals surface area contributed by atoms with E-state index in [-0.39, 0.29) is 11.7 Å². The van der Waals surface area contributed by atoms with Crippen LogP contribution in [-0.4, -0.2) is 12.9 Å². The van der Waals surface area contributed by atoms with Crippen LogP contribution in [0, 0.1) is 5.92 Å². The highest BCUT2D eigenvalue weighted by Gasteiger charge is 2.25. The second-order valence-corrected chi connectivity index (χ2v) is 4.80. The van der Waals surface area contributed by atoms with Crippen LogP contribution in [0.25, 0.3) is 0 Å². The average Bonchev–Trinajstić information content (AvgIpc) is 2.24. The minimum Gasteiger partial charge on any atom is -0.496 e. The summed E-state index contributed by atoms with van der Waals surface area (Å²) in [6, 6.07) is 3.84. The lowest BCUT2D eigenvalue weighted by molar-refractivity contribution is 0.0913. The van der Waals surface area contributed by atoms with Gasteiger partial charge in [-0.3, -0.25) is 4.79 Å². The van der Waals surface area contributed by atoms with E-state index < -0.39 is 0 Å². The van der Waals surface area contributed by atoms with Crippen molar-refractivity contribution in [1.82, 2.24) is 0 Å². The third-order valence-electron chi connectivity index (χ3n) is 2.94. The molecule has 1 aromatic rings. The van der Waals surface area contributed by atoms with Crippen LogP contribution in [0.15, 0.2) is 16.6 Å². The van der Waals surface area contributed by atoms with Gasteiger partial charge in [-0.25, -0.2) is 0 Å². The Morgan fingerprint density at radius 1 is 1.47 bits per heavy atom. The van der Waals surface area contributed by atoms with Crippen LogP contribution in [0.1, 0.15) is 29.3 Å². The molecule has 0 heterocycles. The molecule has 0 saturated heterocycles. The number of ketones is 1. The molecule has 1 atom stereocenters. The number of rotatable bonds is 1. The van der Waals surface area contributed by atoms with Gasteiger partial charge in [0.05, 0.1) is 11.6 Å². The Hall–Kier alpha value is -0.830. The van der Waals surface area contributed by atoms with Gasteiger partial charge in [0.1, 0.15) is 5.75 Å². The van der Waals surface area contributed by atoms with Crippen LogP contribution in [0.2, 0.25) is 0 Å². The summed E-state index contributed by atoms with van der Waals surface area (Å²) in [5, 5.41) is 0. The van der Waals surface area contributed by atoms with Gasteiger partial charge in [-0.05, 0) is 46.5 Å². The Morgan fingerprint density at radius 2 is 2.20 bits per heavy atom. The zero-order valence-corrected chi connectivity index (χ0v) is 10.4. The lowest BCUT2D eigenvalue weighted by Crippen LogP contribution is -2.20. The van der Waals surface area contributed by atoms with Crippen molar-refractivity contribution in [3.8, 4) is 5.75 Å². The molecule has 2 rings (SSSR count). The predicted molar refractivity (Wildman–Crippen MR) is 62.5 cm³/mol. The van der Waals surface area contributed by atoms with E-state index in [0.29, 0.717) is 0 Å². The van der Waals surface area contributed by atoms with Gasteiger partial charge >= 0.3 is 0 Å². The molecule has 80 valence electrons. The molecule has 0 bridgehead atoms. The molecule has 0 saturated carbocycles. The molecular formula is C12H13BrO2. The molecule has 0 spiro atoms. The first-order valence-corrected chi connectivity index (χ1v) is 5.83. The number of hydrogen-bond acceptors (Lipinski definition) is 2. The van der Waals surface area contributed by atoms with Gasteiger partial charge in [0.15, 0.2) is 5.78 Å². The van der Waals surface area contributed by atoms with Crippen LogP contribution in [0.4, 0.5) is 0 Å². The quantitative estimate of drug-likeness (QED) is 0.782. The van der Waals surface area contributed by atoms with Crippen LogP contribution in [0.3, 0.4) is 0 Å². The largest absolute Gasteiger partial charge is 0.496 e. The van der Waals surface area contributed by atoms with E-state index in [1.807, 2.05) is 19.1 Å². The van der Waals surface area contributed by atoms with Crippen molar-refractivity contribution in [2.45, 2.75) is 19.8 Å². The molecule has 0 amide bonds. The lowest BCUT2D eigenvalue weighted by atomic mass is 9.84. The summed E-state index contributed by atoms with van der Waals surface area (Å²) >= 11 is 3.41. The number of benzene rings is 1. The molecule has 1 aliphatic carbocycles. The number of ether oxygens (including phenoxy) is 1. The molecular weight excluding hydrogens is 256 g/mol. The molecule has 1 aliphatic rings. The Kier molecular flexibility index (Phi) is 2.83. The standard InChI is InChI=1S/C12H13BrO2/c1-7-3-4-8-5-11(15-2)10(13)6-9(8)12(7)14/h5-7H,3-4H2,1-2H3/t7-/m1/s1. The lowest BCUT2D eigenvalue weighted by Gasteiger charge is -2.21. The van der Waals surface area contributed by atoms with E-state index in [2.05, 4.69) is 15.9 Å². The zero-order chi connectivity index (χ0) is 11.0. The van der Waals surface area contributed by atoms with E-state index in [0.717, 1.165) is 34.2 Å². The molecule has 3 heteroatoms. The minimum absolute atomic E-state index is 0.151. The maximum Gasteiger partial charge on any atom is 0.165 e. The average molecular weight is 269 g/mol. The van der Waals surface area contributed by atoms with Crippen LogP contribution >= 0.6 is 15.9 Å². The van der Waals surface area contributed by atoms with Crippen LogP contribution < -0.4 is 4.74 Å². The van der Waals surface area contributed by atoms with Crippen molar-refractivity contribution in [3.05, 3.63) is 27.7 Å². The van der Waals surface area contributed by atoms with E-state index in [1.54, 1.807) is 7.11 Å². The molecule has 1 aromatic carbocycles. The molecule has 0 unspecified atom stereocenters. The zero-order valence-electron chi connectivity index (χ0n) is 8.84. The molecule has 0 N–H and O–H groups in total. The molecule has 0 fully saturated rings. The van der Waals surface area contributed by atoms with Gasteiger partial charge < -0.3 is 4.74 Å². The second-order valence-electron chi connectivity index (χ2n) is 3.95. The highest BCUT2D eigenvalue weighted by atomic mass is 79.9. The number of carbonyl (C=O) groups excluding carboxylic acids is 1. The molecule has 15 heavy (non-hydrogen) atoms. The van der Waals surface area contributed by atoms with Gasteiger partial charge in [-0.15, -0.1) is 0 Å². The third kappa shape index (κ3) is 1.81. The number of fused-ring (bicyclic) bond motifs is 1. The molecule has 0 aromatic heterocycles. The Morgan fingerprint density at radius 3 is 2.87 bits per heavy atom. The van der Waals surface area contributed by atoms with E-state index >= 15 is 0 Å². The van der Waals surface area contributed by atoms with Crippen molar-refractivity contribution >= 4 is 21.7 Å². The summed E-state index contributed by atoms with van der Waals surface area (Å²) in [5.41, 5.74) is 1.96. The SMILES string of the molecule is COc1cc2c(cc1Br)C(=O)[C@H](C)CC2. The van der Waals surface area contributed by atoms with Gasteiger partial charge in [-0.2, -0.15) is 0 Å². The third-order valence-corrected chi connectivity index (χ3v) is 3.56. The van der Waals surface area contributed by atoms with Gasteiger partial charge in [0, 0.05) is 11.5 Å². The monoisotopic (exact) mass is 268 g/mol. The van der Waals surface area contributed by atoms with E-state index in [9.17, 15) is 4.79 Å². The number of Topliss-reactive ketones (excluding diaryl/α,β-unsaturated/α-hetero) is 1. The number of carbonyl (C=O) groups is 1. The van der Waals surface area contributed by atoms with Crippen LogP contribution in [-0.2, 0) is 6.42 Å². The number of aryl methyl sites for hydroxylation is 1. The number of halogens is 1. The first-order chi connectivity index (χ1) is 7.13. The number of hydrogen-bond donors (Lipinski definition) is 0. The highest BCUT2D eigenvalue weighted by Crippen LogP contribution is 2.33. The summed E-state index contributed by atoms with van der Waals surface area (Å²) < 4.78 is 6.07. The first kappa shape index (κ1) is 10.7. The maximum atomic E-state index is 11.9. The summed E-state index contributed by atoms with van der Waals surface area (Å²) in [6.07, 6.45) is 1.91. The second kappa shape index (κ2) is 3.97. The van der Waals surface area contributed by atoms with Crippen molar-refractivity contribution in [2.24, 2.45) is 5.92 Å². The van der Waals surface area contributed by atoms with Crippen molar-refractivity contribution in [1.29, 1.82) is 0 Å². The van der Waals surface area contributed by atoms with Gasteiger partial charge in [-0.1, -0.05) is 6.92 Å². The maximum absolute atomic E-state index is 11.9. The van der Waals surface area contributed by atoms with Crippen LogP contribution in [0.5, 0.6) is 5.75 Å². The minimum atomic E-state index is 0.151. The molecule has 0 aliphatic heterocycles. The van der Waals surface area contributed by atoms with Gasteiger partial charge in [0.25, 0.3) is 0 Å². The summed E-state index contributed by atoms with van der Waals surface area (Å²) in [6.45, 7) is 1.99. The fourth-order valence-corrected chi connectivity index (χ4v) is 2.46. The fraction of sp³-hybridized carbons (Fsp3) is 0.417. The smallest absolute Gasteiger partial charge is 0.165 e. The Bertz CT molecular complexity index is 412. The van der Waals surface area contributed by atoms with E-state index in [1.165, 1.54) is 0 Å². The molecule has 0 radical (unpaired) electrons. The molecule has 2 nitrogen and oxygen atoms in total. The number of methoxy groups -OCH3 is 1. The first-order valence-electron chi connectivity index (χ1n) is 5.04. The normalized spacial score (nSPS) is 19.9. The van der Waals surface area contributed by atoms with Crippen molar-refractivity contribution < 1.29 is 9.53 Å².